The van der Waals surface area contributed by atoms with Crippen molar-refractivity contribution in [3.63, 3.8) is 0 Å². The Morgan fingerprint density at radius 1 is 1.07 bits per heavy atom. The van der Waals surface area contributed by atoms with Crippen LogP contribution in [-0.4, -0.2) is 30.3 Å². The maximum atomic E-state index is 12.4. The lowest BCUT2D eigenvalue weighted by molar-refractivity contribution is -0.113. The second kappa shape index (κ2) is 8.62. The lowest BCUT2D eigenvalue weighted by atomic mass is 9.98. The molecule has 1 atom stereocenters. The molecule has 0 spiro atoms. The SMILES string of the molecule is Cc1ccc(S(=O)(=O)CC(=O)Nc2nnc(C[C@@H](C)c3ccccc3)s2)cc1. The van der Waals surface area contributed by atoms with Crippen molar-refractivity contribution in [3.8, 4) is 0 Å². The molecule has 0 unspecified atom stereocenters. The molecule has 146 valence electrons. The highest BCUT2D eigenvalue weighted by molar-refractivity contribution is 7.92. The quantitative estimate of drug-likeness (QED) is 0.637. The van der Waals surface area contributed by atoms with E-state index in [1.54, 1.807) is 12.1 Å². The zero-order valence-electron chi connectivity index (χ0n) is 15.6. The van der Waals surface area contributed by atoms with Crippen LogP contribution in [0.1, 0.15) is 29.0 Å². The number of amides is 1. The van der Waals surface area contributed by atoms with Crippen molar-refractivity contribution in [2.24, 2.45) is 0 Å². The lowest BCUT2D eigenvalue weighted by Crippen LogP contribution is -2.23. The number of aryl methyl sites for hydroxylation is 1. The molecular weight excluding hydrogens is 394 g/mol. The molecule has 3 aromatic rings. The van der Waals surface area contributed by atoms with Crippen molar-refractivity contribution in [2.45, 2.75) is 31.1 Å². The van der Waals surface area contributed by atoms with Crippen LogP contribution in [0, 0.1) is 6.92 Å². The lowest BCUT2D eigenvalue weighted by Gasteiger charge is -2.08. The molecule has 28 heavy (non-hydrogen) atoms. The number of benzene rings is 2. The van der Waals surface area contributed by atoms with Crippen molar-refractivity contribution >= 4 is 32.2 Å². The van der Waals surface area contributed by atoms with E-state index in [9.17, 15) is 13.2 Å². The van der Waals surface area contributed by atoms with Crippen LogP contribution in [-0.2, 0) is 21.1 Å². The fraction of sp³-hybridized carbons (Fsp3) is 0.250. The van der Waals surface area contributed by atoms with Crippen LogP contribution in [0.3, 0.4) is 0 Å². The highest BCUT2D eigenvalue weighted by atomic mass is 32.2. The van der Waals surface area contributed by atoms with Crippen LogP contribution in [0.2, 0.25) is 0 Å². The van der Waals surface area contributed by atoms with Crippen LogP contribution < -0.4 is 5.32 Å². The molecule has 0 bridgehead atoms. The highest BCUT2D eigenvalue weighted by Crippen LogP contribution is 2.24. The number of nitrogens with one attached hydrogen (secondary N) is 1. The number of hydrogen-bond acceptors (Lipinski definition) is 6. The van der Waals surface area contributed by atoms with E-state index in [0.29, 0.717) is 11.6 Å². The summed E-state index contributed by atoms with van der Waals surface area (Å²) in [7, 11) is -3.70. The molecule has 8 heteroatoms. The molecule has 1 aromatic heterocycles. The monoisotopic (exact) mass is 415 g/mol. The number of hydrogen-bond donors (Lipinski definition) is 1. The van der Waals surface area contributed by atoms with E-state index in [2.05, 4.69) is 34.6 Å². The Labute approximate surface area is 168 Å². The Bertz CT molecular complexity index is 1050. The summed E-state index contributed by atoms with van der Waals surface area (Å²) in [6, 6.07) is 16.5. The van der Waals surface area contributed by atoms with Gasteiger partial charge in [0.15, 0.2) is 9.84 Å². The molecule has 1 N–H and O–H groups in total. The summed E-state index contributed by atoms with van der Waals surface area (Å²) < 4.78 is 24.7. The molecule has 1 heterocycles. The van der Waals surface area contributed by atoms with Crippen LogP contribution in [0.4, 0.5) is 5.13 Å². The third-order valence-corrected chi connectivity index (χ3v) is 6.76. The molecule has 0 aliphatic heterocycles. The van der Waals surface area contributed by atoms with E-state index in [4.69, 9.17) is 0 Å². The molecule has 0 saturated heterocycles. The van der Waals surface area contributed by atoms with Crippen molar-refractivity contribution in [3.05, 3.63) is 70.7 Å². The van der Waals surface area contributed by atoms with Gasteiger partial charge in [0.25, 0.3) is 0 Å². The number of rotatable bonds is 7. The number of nitrogens with zero attached hydrogens (tertiary/aromatic N) is 2. The molecule has 1 amide bonds. The first-order chi connectivity index (χ1) is 13.3. The predicted molar refractivity (Wildman–Crippen MR) is 110 cm³/mol. The third-order valence-electron chi connectivity index (χ3n) is 4.26. The van der Waals surface area contributed by atoms with Gasteiger partial charge in [-0.3, -0.25) is 10.1 Å². The fourth-order valence-corrected chi connectivity index (χ4v) is 4.72. The van der Waals surface area contributed by atoms with E-state index in [-0.39, 0.29) is 10.8 Å². The average Bonchev–Trinajstić information content (AvgIpc) is 3.09. The van der Waals surface area contributed by atoms with Crippen LogP contribution >= 0.6 is 11.3 Å². The van der Waals surface area contributed by atoms with Gasteiger partial charge in [0.2, 0.25) is 11.0 Å². The molecular formula is C20H21N3O3S2. The van der Waals surface area contributed by atoms with E-state index < -0.39 is 21.5 Å². The van der Waals surface area contributed by atoms with Gasteiger partial charge in [-0.2, -0.15) is 0 Å². The van der Waals surface area contributed by atoms with Gasteiger partial charge in [0.1, 0.15) is 10.8 Å². The minimum absolute atomic E-state index is 0.128. The van der Waals surface area contributed by atoms with Crippen LogP contribution in [0.5, 0.6) is 0 Å². The smallest absolute Gasteiger partial charge is 0.241 e. The van der Waals surface area contributed by atoms with Gasteiger partial charge in [0.05, 0.1) is 4.90 Å². The molecule has 6 nitrogen and oxygen atoms in total. The highest BCUT2D eigenvalue weighted by Gasteiger charge is 2.20. The largest absolute Gasteiger partial charge is 0.300 e. The zero-order valence-corrected chi connectivity index (χ0v) is 17.3. The minimum Gasteiger partial charge on any atom is -0.300 e. The number of anilines is 1. The average molecular weight is 416 g/mol. The second-order valence-corrected chi connectivity index (χ2v) is 9.69. The standard InChI is InChI=1S/C20H21N3O3S2/c1-14-8-10-17(11-9-14)28(25,26)13-18(24)21-20-23-22-19(27-20)12-15(2)16-6-4-3-5-7-16/h3-11,15H,12-13H2,1-2H3,(H,21,23,24)/t15-/m1/s1. The summed E-state index contributed by atoms with van der Waals surface area (Å²) in [5.74, 6) is -0.996. The Kier molecular flexibility index (Phi) is 6.21. The second-order valence-electron chi connectivity index (χ2n) is 6.64. The van der Waals surface area contributed by atoms with E-state index in [0.717, 1.165) is 10.6 Å². The van der Waals surface area contributed by atoms with E-state index in [1.807, 2.05) is 25.1 Å². The number of sulfone groups is 1. The van der Waals surface area contributed by atoms with E-state index in [1.165, 1.54) is 29.0 Å². The van der Waals surface area contributed by atoms with Gasteiger partial charge in [-0.25, -0.2) is 8.42 Å². The molecule has 0 radical (unpaired) electrons. The van der Waals surface area contributed by atoms with Gasteiger partial charge >= 0.3 is 0 Å². The van der Waals surface area contributed by atoms with Gasteiger partial charge in [-0.1, -0.05) is 66.3 Å². The summed E-state index contributed by atoms with van der Waals surface area (Å²) >= 11 is 1.26. The predicted octanol–water partition coefficient (Wildman–Crippen LogP) is 3.61. The summed E-state index contributed by atoms with van der Waals surface area (Å²) in [6.07, 6.45) is 0.694. The fourth-order valence-electron chi connectivity index (χ4n) is 2.70. The molecule has 0 saturated carbocycles. The third kappa shape index (κ3) is 5.24. The van der Waals surface area contributed by atoms with Crippen molar-refractivity contribution in [2.75, 3.05) is 11.1 Å². The molecule has 3 rings (SSSR count). The number of carbonyl (C=O) groups excluding carboxylic acids is 1. The first kappa shape index (κ1) is 20.2. The topological polar surface area (TPSA) is 89.0 Å². The number of carbonyl (C=O) groups is 1. The van der Waals surface area contributed by atoms with Crippen molar-refractivity contribution in [1.82, 2.24) is 10.2 Å². The normalized spacial score (nSPS) is 12.5. The maximum absolute atomic E-state index is 12.4. The Morgan fingerprint density at radius 2 is 1.75 bits per heavy atom. The van der Waals surface area contributed by atoms with Crippen molar-refractivity contribution in [1.29, 1.82) is 0 Å². The van der Waals surface area contributed by atoms with Crippen LogP contribution in [0.15, 0.2) is 59.5 Å². The number of aromatic nitrogens is 2. The maximum Gasteiger partial charge on any atom is 0.241 e. The van der Waals surface area contributed by atoms with Gasteiger partial charge in [-0.15, -0.1) is 10.2 Å². The Morgan fingerprint density at radius 3 is 2.43 bits per heavy atom. The first-order valence-corrected chi connectivity index (χ1v) is 11.3. The Balaban J connectivity index is 1.60. The zero-order chi connectivity index (χ0) is 20.1. The van der Waals surface area contributed by atoms with Gasteiger partial charge in [0, 0.05) is 6.42 Å². The first-order valence-electron chi connectivity index (χ1n) is 8.80. The van der Waals surface area contributed by atoms with Crippen molar-refractivity contribution < 1.29 is 13.2 Å². The summed E-state index contributed by atoms with van der Waals surface area (Å²) in [4.78, 5) is 12.3. The molecule has 0 fully saturated rings. The van der Waals surface area contributed by atoms with E-state index >= 15 is 0 Å². The molecule has 2 aromatic carbocycles. The summed E-state index contributed by atoms with van der Waals surface area (Å²) in [6.45, 7) is 3.97. The van der Waals surface area contributed by atoms with Gasteiger partial charge in [-0.05, 0) is 30.5 Å². The minimum atomic E-state index is -3.70. The van der Waals surface area contributed by atoms with Crippen LogP contribution in [0.25, 0.3) is 0 Å². The molecule has 0 aliphatic carbocycles. The Hall–Kier alpha value is -2.58. The van der Waals surface area contributed by atoms with Gasteiger partial charge < -0.3 is 0 Å². The summed E-state index contributed by atoms with van der Waals surface area (Å²) in [5, 5.41) is 11.7. The molecule has 0 aliphatic rings. The summed E-state index contributed by atoms with van der Waals surface area (Å²) in [5.41, 5.74) is 2.15.